The first-order valence-corrected chi connectivity index (χ1v) is 6.21. The summed E-state index contributed by atoms with van der Waals surface area (Å²) < 4.78 is 10.7. The van der Waals surface area contributed by atoms with Crippen LogP contribution in [0.15, 0.2) is 4.52 Å². The topological polar surface area (TPSA) is 52.3 Å². The molecular formula is C10H14AlNO3. The molecular weight excluding hydrogens is 209 g/mol. The van der Waals surface area contributed by atoms with Gasteiger partial charge in [0.1, 0.15) is 0 Å². The summed E-state index contributed by atoms with van der Waals surface area (Å²) >= 11 is -0.283. The summed E-state index contributed by atoms with van der Waals surface area (Å²) in [7, 11) is 0. The van der Waals surface area contributed by atoms with Gasteiger partial charge in [0.25, 0.3) is 0 Å². The van der Waals surface area contributed by atoms with Crippen LogP contribution in [0, 0.1) is 12.8 Å². The molecule has 4 nitrogen and oxygen atoms in total. The number of aryl methyl sites for hydroxylation is 1. The molecule has 0 bridgehead atoms. The normalized spacial score (nSPS) is 10.1. The van der Waals surface area contributed by atoms with Gasteiger partial charge in [0.15, 0.2) is 0 Å². The van der Waals surface area contributed by atoms with Gasteiger partial charge in [0, 0.05) is 0 Å². The Morgan fingerprint density at radius 1 is 1.67 bits per heavy atom. The van der Waals surface area contributed by atoms with E-state index >= 15 is 0 Å². The van der Waals surface area contributed by atoms with Crippen LogP contribution < -0.4 is 4.56 Å². The Labute approximate surface area is 94.8 Å². The van der Waals surface area contributed by atoms with E-state index in [4.69, 9.17) is 9.26 Å². The van der Waals surface area contributed by atoms with E-state index in [1.807, 2.05) is 13.8 Å². The van der Waals surface area contributed by atoms with Crippen molar-refractivity contribution in [2.45, 2.75) is 20.8 Å². The van der Waals surface area contributed by atoms with Gasteiger partial charge in [0.2, 0.25) is 0 Å². The molecule has 80 valence electrons. The molecule has 0 atom stereocenters. The number of rotatable bonds is 4. The first-order valence-electron chi connectivity index (χ1n) is 4.82. The zero-order valence-electron chi connectivity index (χ0n) is 9.24. The zero-order chi connectivity index (χ0) is 11.4. The number of nitrogens with zero attached hydrogens (tertiary/aromatic N) is 1. The van der Waals surface area contributed by atoms with Crippen LogP contribution in [-0.4, -0.2) is 37.9 Å². The minimum absolute atomic E-state index is 0.283. The second kappa shape index (κ2) is 5.24. The Bertz CT molecular complexity index is 371. The van der Waals surface area contributed by atoms with Gasteiger partial charge in [-0.2, -0.15) is 0 Å². The quantitative estimate of drug-likeness (QED) is 0.552. The molecule has 1 aromatic rings. The third-order valence-electron chi connectivity index (χ3n) is 1.83. The maximum atomic E-state index is 11.7. The predicted molar refractivity (Wildman–Crippen MR) is 58.9 cm³/mol. The van der Waals surface area contributed by atoms with E-state index in [1.165, 1.54) is 0 Å². The third kappa shape index (κ3) is 3.02. The molecule has 15 heavy (non-hydrogen) atoms. The van der Waals surface area contributed by atoms with Crippen molar-refractivity contribution in [1.29, 1.82) is 0 Å². The van der Waals surface area contributed by atoms with Crippen LogP contribution in [-0.2, 0) is 4.74 Å². The number of carbonyl (C=O) groups is 1. The minimum atomic E-state index is -0.353. The van der Waals surface area contributed by atoms with Gasteiger partial charge >= 0.3 is 94.5 Å². The molecule has 5 heteroatoms. The van der Waals surface area contributed by atoms with Crippen LogP contribution in [0.2, 0.25) is 0 Å². The van der Waals surface area contributed by atoms with E-state index in [9.17, 15) is 4.79 Å². The molecule has 1 rings (SSSR count). The Morgan fingerprint density at radius 3 is 2.87 bits per heavy atom. The van der Waals surface area contributed by atoms with Crippen molar-refractivity contribution in [3.63, 3.8) is 0 Å². The van der Waals surface area contributed by atoms with Crippen molar-refractivity contribution >= 4 is 30.7 Å². The first-order chi connectivity index (χ1) is 7.06. The van der Waals surface area contributed by atoms with Crippen LogP contribution in [0.5, 0.6) is 0 Å². The van der Waals surface area contributed by atoms with E-state index < -0.39 is 0 Å². The van der Waals surface area contributed by atoms with Crippen molar-refractivity contribution in [2.24, 2.45) is 5.92 Å². The van der Waals surface area contributed by atoms with Crippen LogP contribution in [0.3, 0.4) is 0 Å². The molecule has 0 saturated heterocycles. The number of aromatic nitrogens is 1. The average Bonchev–Trinajstić information content (AvgIpc) is 2.56. The van der Waals surface area contributed by atoms with E-state index in [2.05, 4.69) is 10.5 Å². The fraction of sp³-hybridized carbons (Fsp3) is 0.500. The van der Waals surface area contributed by atoms with Gasteiger partial charge in [-0.05, 0) is 0 Å². The van der Waals surface area contributed by atoms with E-state index in [0.29, 0.717) is 28.4 Å². The molecule has 1 aromatic heterocycles. The molecule has 0 amide bonds. The van der Waals surface area contributed by atoms with E-state index in [1.54, 1.807) is 6.92 Å². The fourth-order valence-electron chi connectivity index (χ4n) is 1.09. The molecule has 0 aliphatic carbocycles. The fourth-order valence-corrected chi connectivity index (χ4v) is 1.74. The van der Waals surface area contributed by atoms with Gasteiger partial charge < -0.3 is 0 Å². The summed E-state index contributed by atoms with van der Waals surface area (Å²) in [6.45, 7) is 6.09. The van der Waals surface area contributed by atoms with Gasteiger partial charge in [0.05, 0.1) is 0 Å². The van der Waals surface area contributed by atoms with Crippen molar-refractivity contribution < 1.29 is 14.1 Å². The Morgan fingerprint density at radius 2 is 2.33 bits per heavy atom. The summed E-state index contributed by atoms with van der Waals surface area (Å²) in [4.78, 5) is 11.7. The molecule has 0 aliphatic rings. The van der Waals surface area contributed by atoms with Crippen LogP contribution >= 0.6 is 0 Å². The summed E-state index contributed by atoms with van der Waals surface area (Å²) in [5.41, 5.74) is 0.459. The number of ether oxygens (including phenoxy) is 1. The summed E-state index contributed by atoms with van der Waals surface area (Å²) in [5.74, 6) is 0.480. The van der Waals surface area contributed by atoms with Gasteiger partial charge in [-0.1, -0.05) is 0 Å². The van der Waals surface area contributed by atoms with Crippen LogP contribution in [0.25, 0.3) is 0 Å². The molecule has 0 saturated carbocycles. The molecule has 0 aromatic carbocycles. The molecule has 0 aliphatic heterocycles. The Hall–Kier alpha value is -0.918. The number of hydrogen-bond acceptors (Lipinski definition) is 4. The van der Waals surface area contributed by atoms with Crippen molar-refractivity contribution in [1.82, 2.24) is 5.16 Å². The Balaban J connectivity index is 2.80. The van der Waals surface area contributed by atoms with Crippen molar-refractivity contribution in [3.05, 3.63) is 11.3 Å². The number of esters is 1. The van der Waals surface area contributed by atoms with Gasteiger partial charge in [-0.15, -0.1) is 0 Å². The zero-order valence-corrected chi connectivity index (χ0v) is 10.4. The second-order valence-electron chi connectivity index (χ2n) is 3.70. The van der Waals surface area contributed by atoms with Crippen molar-refractivity contribution in [2.75, 3.05) is 6.61 Å². The first kappa shape index (κ1) is 12.2. The van der Waals surface area contributed by atoms with E-state index in [-0.39, 0.29) is 20.7 Å². The maximum absolute atomic E-state index is 11.7. The molecule has 0 spiro atoms. The summed E-state index contributed by atoms with van der Waals surface area (Å²) in [6.07, 6.45) is 0. The van der Waals surface area contributed by atoms with Gasteiger partial charge in [-0.3, -0.25) is 0 Å². The Kier molecular flexibility index (Phi) is 4.25. The number of carbonyl (C=O) groups excluding carboxylic acids is 1. The van der Waals surface area contributed by atoms with E-state index in [0.717, 1.165) is 0 Å². The molecule has 0 radical (unpaired) electrons. The molecule has 1 heterocycles. The summed E-state index contributed by atoms with van der Waals surface area (Å²) in [5, 5.41) is 7.54. The van der Waals surface area contributed by atoms with Gasteiger partial charge in [-0.25, -0.2) is 0 Å². The van der Waals surface area contributed by atoms with Crippen LogP contribution in [0.1, 0.15) is 30.0 Å². The SMILES string of the molecule is [CH2]=[Al][c]1noc(C)c1C(=O)OCC(C)C. The standard InChI is InChI=1S/C9H12NO3.CH2.Al/c1-6(2)5-12-9(11)8-4-10-13-7(8)3;;/h6H,5H2,1-3H3;1H2;. The molecule has 0 N–H and O–H groups in total. The molecule has 0 fully saturated rings. The number of hydrogen-bond donors (Lipinski definition) is 0. The molecule has 0 unspecified atom stereocenters. The summed E-state index contributed by atoms with van der Waals surface area (Å²) in [6, 6.07) is 0. The van der Waals surface area contributed by atoms with Crippen molar-refractivity contribution in [3.8, 4) is 0 Å². The van der Waals surface area contributed by atoms with Crippen LogP contribution in [0.4, 0.5) is 0 Å². The second-order valence-corrected chi connectivity index (χ2v) is 4.65. The average molecular weight is 223 g/mol. The predicted octanol–water partition coefficient (Wildman–Crippen LogP) is 0.557. The third-order valence-corrected chi connectivity index (χ3v) is 2.62. The monoisotopic (exact) mass is 223 g/mol.